The van der Waals surface area contributed by atoms with Crippen LogP contribution >= 0.6 is 11.3 Å². The minimum atomic E-state index is -3.58. The van der Waals surface area contributed by atoms with Gasteiger partial charge in [-0.05, 0) is 56.7 Å². The van der Waals surface area contributed by atoms with Crippen LogP contribution in [-0.2, 0) is 32.4 Å². The largest absolute Gasteiger partial charge is 0.486 e. The minimum absolute atomic E-state index is 0.0986. The number of aryl methyl sites for hydroxylation is 1. The molecule has 0 bridgehead atoms. The van der Waals surface area contributed by atoms with Crippen LogP contribution in [-0.4, -0.2) is 52.9 Å². The summed E-state index contributed by atoms with van der Waals surface area (Å²) in [6.07, 6.45) is 5.28. The number of esters is 1. The first-order valence-electron chi connectivity index (χ1n) is 11.8. The third-order valence-electron chi connectivity index (χ3n) is 5.88. The molecule has 11 heteroatoms. The van der Waals surface area contributed by atoms with Crippen LogP contribution in [0, 0.1) is 0 Å². The first-order valence-corrected chi connectivity index (χ1v) is 14.4. The molecule has 2 aliphatic rings. The van der Waals surface area contributed by atoms with Crippen molar-refractivity contribution in [2.24, 2.45) is 0 Å². The zero-order valence-electron chi connectivity index (χ0n) is 19.9. The highest BCUT2D eigenvalue weighted by Crippen LogP contribution is 2.39. The van der Waals surface area contributed by atoms with Gasteiger partial charge in [-0.2, -0.15) is 0 Å². The summed E-state index contributed by atoms with van der Waals surface area (Å²) in [6.45, 7) is 2.98. The summed E-state index contributed by atoms with van der Waals surface area (Å²) in [6, 6.07) is 4.98. The Balaban J connectivity index is 1.43. The van der Waals surface area contributed by atoms with Crippen molar-refractivity contribution >= 4 is 43.9 Å². The number of rotatable bonds is 9. The zero-order chi connectivity index (χ0) is 25.0. The summed E-state index contributed by atoms with van der Waals surface area (Å²) >= 11 is 1.43. The highest BCUT2D eigenvalue weighted by molar-refractivity contribution is 7.92. The molecule has 4 rings (SSSR count). The molecule has 1 aromatic heterocycles. The van der Waals surface area contributed by atoms with Crippen molar-refractivity contribution in [3.8, 4) is 11.5 Å². The number of benzene rings is 1. The predicted octanol–water partition coefficient (Wildman–Crippen LogP) is 3.76. The number of hydrogen-bond donors (Lipinski definition) is 1. The van der Waals surface area contributed by atoms with Gasteiger partial charge in [-0.1, -0.05) is 0 Å². The van der Waals surface area contributed by atoms with Crippen LogP contribution in [0.3, 0.4) is 0 Å². The Morgan fingerprint density at radius 2 is 1.89 bits per heavy atom. The molecule has 2 aromatic rings. The van der Waals surface area contributed by atoms with E-state index in [0.717, 1.165) is 42.4 Å². The molecule has 0 saturated carbocycles. The normalized spacial score (nSPS) is 14.7. The van der Waals surface area contributed by atoms with E-state index in [1.54, 1.807) is 25.1 Å². The van der Waals surface area contributed by atoms with E-state index in [-0.39, 0.29) is 25.5 Å². The molecule has 0 radical (unpaired) electrons. The van der Waals surface area contributed by atoms with Crippen molar-refractivity contribution in [1.82, 2.24) is 0 Å². The van der Waals surface area contributed by atoms with Crippen molar-refractivity contribution < 1.29 is 32.2 Å². The van der Waals surface area contributed by atoms with Crippen molar-refractivity contribution in [3.05, 3.63) is 34.2 Å². The molecular formula is C24H30N2O7S2. The molecule has 1 aliphatic heterocycles. The second kappa shape index (κ2) is 10.9. The Morgan fingerprint density at radius 1 is 1.14 bits per heavy atom. The van der Waals surface area contributed by atoms with Crippen molar-refractivity contribution in [2.75, 3.05) is 42.2 Å². The zero-order valence-corrected chi connectivity index (χ0v) is 21.6. The number of nitrogens with zero attached hydrogens (tertiary/aromatic N) is 1. The number of carbonyl (C=O) groups is 2. The van der Waals surface area contributed by atoms with Crippen LogP contribution in [0.2, 0.25) is 0 Å². The molecule has 0 spiro atoms. The molecule has 35 heavy (non-hydrogen) atoms. The molecule has 9 nitrogen and oxygen atoms in total. The van der Waals surface area contributed by atoms with Crippen molar-refractivity contribution in [3.63, 3.8) is 0 Å². The van der Waals surface area contributed by atoms with Gasteiger partial charge >= 0.3 is 5.97 Å². The molecule has 0 unspecified atom stereocenters. The fourth-order valence-corrected chi connectivity index (χ4v) is 6.57. The number of carbonyl (C=O) groups excluding carboxylic acids is 2. The number of amides is 1. The lowest BCUT2D eigenvalue weighted by atomic mass is 9.95. The summed E-state index contributed by atoms with van der Waals surface area (Å²) in [7, 11) is -3.58. The van der Waals surface area contributed by atoms with Crippen molar-refractivity contribution in [1.29, 1.82) is 0 Å². The minimum Gasteiger partial charge on any atom is -0.486 e. The lowest BCUT2D eigenvalue weighted by molar-refractivity contribution is -0.116. The molecule has 0 saturated heterocycles. The van der Waals surface area contributed by atoms with E-state index >= 15 is 0 Å². The van der Waals surface area contributed by atoms with Gasteiger partial charge in [0.2, 0.25) is 15.9 Å². The molecule has 1 N–H and O–H groups in total. The van der Waals surface area contributed by atoms with E-state index < -0.39 is 16.0 Å². The summed E-state index contributed by atoms with van der Waals surface area (Å²) in [5.41, 5.74) is 1.90. The van der Waals surface area contributed by atoms with Gasteiger partial charge in [-0.25, -0.2) is 13.2 Å². The van der Waals surface area contributed by atoms with E-state index in [4.69, 9.17) is 14.2 Å². The predicted molar refractivity (Wildman–Crippen MR) is 134 cm³/mol. The first kappa shape index (κ1) is 25.3. The van der Waals surface area contributed by atoms with Crippen LogP contribution in [0.4, 0.5) is 10.7 Å². The van der Waals surface area contributed by atoms with Gasteiger partial charge in [0.25, 0.3) is 0 Å². The average Bonchev–Trinajstić information content (AvgIpc) is 3.18. The third kappa shape index (κ3) is 5.90. The van der Waals surface area contributed by atoms with E-state index in [2.05, 4.69) is 5.32 Å². The monoisotopic (exact) mass is 522 g/mol. The fourth-order valence-electron chi connectivity index (χ4n) is 4.32. The molecule has 1 aromatic carbocycles. The van der Waals surface area contributed by atoms with Gasteiger partial charge in [-0.3, -0.25) is 9.10 Å². The summed E-state index contributed by atoms with van der Waals surface area (Å²) in [4.78, 5) is 26.5. The number of fused-ring (bicyclic) bond motifs is 2. The maximum atomic E-state index is 12.8. The second-order valence-corrected chi connectivity index (χ2v) is 11.5. The topological polar surface area (TPSA) is 111 Å². The van der Waals surface area contributed by atoms with E-state index in [1.165, 1.54) is 15.6 Å². The number of thiophene rings is 1. The van der Waals surface area contributed by atoms with E-state index in [0.29, 0.717) is 47.4 Å². The van der Waals surface area contributed by atoms with Gasteiger partial charge in [0.15, 0.2) is 11.5 Å². The molecule has 190 valence electrons. The quantitative estimate of drug-likeness (QED) is 0.499. The first-order chi connectivity index (χ1) is 16.8. The van der Waals surface area contributed by atoms with Gasteiger partial charge in [0.1, 0.15) is 18.2 Å². The number of ether oxygens (including phenoxy) is 3. The van der Waals surface area contributed by atoms with Gasteiger partial charge in [0, 0.05) is 23.9 Å². The Hall–Kier alpha value is -2.79. The lowest BCUT2D eigenvalue weighted by Crippen LogP contribution is -2.31. The Morgan fingerprint density at radius 3 is 2.63 bits per heavy atom. The van der Waals surface area contributed by atoms with E-state index in [1.807, 2.05) is 0 Å². The molecule has 2 heterocycles. The molecule has 0 fully saturated rings. The molecule has 0 atom stereocenters. The number of sulfonamides is 1. The summed E-state index contributed by atoms with van der Waals surface area (Å²) < 4.78 is 42.5. The second-order valence-electron chi connectivity index (χ2n) is 8.45. The molecular weight excluding hydrogens is 492 g/mol. The highest BCUT2D eigenvalue weighted by atomic mass is 32.2. The van der Waals surface area contributed by atoms with Gasteiger partial charge in [-0.15, -0.1) is 11.3 Å². The standard InChI is InChI=1S/C24H30N2O7S2/c1-3-31-24(28)22-17-7-4-5-8-20(17)34-23(22)25-21(27)9-6-12-26(35(2,29)30)16-10-11-18-19(15-16)33-14-13-32-18/h10-11,15H,3-9,12-14H2,1-2H3,(H,25,27). The number of anilines is 2. The maximum Gasteiger partial charge on any atom is 0.341 e. The van der Waals surface area contributed by atoms with Gasteiger partial charge in [0.05, 0.1) is 24.1 Å². The Bertz CT molecular complexity index is 1210. The van der Waals surface area contributed by atoms with Crippen LogP contribution in [0.1, 0.15) is 53.4 Å². The third-order valence-corrected chi connectivity index (χ3v) is 8.28. The maximum absolute atomic E-state index is 12.8. The van der Waals surface area contributed by atoms with E-state index in [9.17, 15) is 18.0 Å². The van der Waals surface area contributed by atoms with Crippen LogP contribution in [0.5, 0.6) is 11.5 Å². The average molecular weight is 523 g/mol. The van der Waals surface area contributed by atoms with Gasteiger partial charge < -0.3 is 19.5 Å². The SMILES string of the molecule is CCOC(=O)c1c(NC(=O)CCCN(c2ccc3c(c2)OCCO3)S(C)(=O)=O)sc2c1CCCC2. The van der Waals surface area contributed by atoms with Crippen LogP contribution in [0.15, 0.2) is 18.2 Å². The number of hydrogen-bond acceptors (Lipinski definition) is 8. The Labute approximate surface area is 209 Å². The van der Waals surface area contributed by atoms with Crippen molar-refractivity contribution in [2.45, 2.75) is 45.4 Å². The summed E-state index contributed by atoms with van der Waals surface area (Å²) in [5.74, 6) is 0.381. The fraction of sp³-hybridized carbons (Fsp3) is 0.500. The highest BCUT2D eigenvalue weighted by Gasteiger charge is 2.27. The summed E-state index contributed by atoms with van der Waals surface area (Å²) in [5, 5.41) is 3.40. The van der Waals surface area contributed by atoms with Crippen LogP contribution in [0.25, 0.3) is 0 Å². The smallest absolute Gasteiger partial charge is 0.341 e. The van der Waals surface area contributed by atoms with Crippen LogP contribution < -0.4 is 19.1 Å². The number of nitrogens with one attached hydrogen (secondary N) is 1. The Kier molecular flexibility index (Phi) is 7.85. The molecule has 1 amide bonds. The molecule has 1 aliphatic carbocycles. The lowest BCUT2D eigenvalue weighted by Gasteiger charge is -2.25.